The molecule has 0 spiro atoms. The lowest BCUT2D eigenvalue weighted by Crippen LogP contribution is -3.00. The number of quaternary nitrogens is 1. The van der Waals surface area contributed by atoms with Crippen LogP contribution in [0.4, 0.5) is 0 Å². The Hall–Kier alpha value is -2.17. The molecule has 3 nitrogen and oxygen atoms in total. The largest absolute Gasteiger partial charge is 1.00 e. The predicted molar refractivity (Wildman–Crippen MR) is 119 cm³/mol. The highest BCUT2D eigenvalue weighted by atomic mass is 35.5. The second kappa shape index (κ2) is 11.3. The Morgan fingerprint density at radius 2 is 1.10 bits per heavy atom. The second-order valence-electron chi connectivity index (χ2n) is 7.83. The van der Waals surface area contributed by atoms with Crippen molar-refractivity contribution in [2.45, 2.75) is 50.2 Å². The van der Waals surface area contributed by atoms with Crippen LogP contribution in [-0.2, 0) is 5.60 Å². The average molecular weight is 428 g/mol. The van der Waals surface area contributed by atoms with E-state index in [4.69, 9.17) is 0 Å². The van der Waals surface area contributed by atoms with Crippen molar-refractivity contribution in [2.75, 3.05) is 0 Å². The Kier molecular flexibility index (Phi) is 9.73. The van der Waals surface area contributed by atoms with Crippen molar-refractivity contribution in [3.63, 3.8) is 0 Å². The first-order valence-corrected chi connectivity index (χ1v) is 10.3. The molecule has 0 heterocycles. The first-order valence-electron chi connectivity index (χ1n) is 10.3. The molecule has 0 amide bonds. The first-order chi connectivity index (χ1) is 13.5. The number of halogens is 1. The van der Waals surface area contributed by atoms with Gasteiger partial charge < -0.3 is 28.7 Å². The summed E-state index contributed by atoms with van der Waals surface area (Å²) in [5, 5.41) is 12.1. The summed E-state index contributed by atoms with van der Waals surface area (Å²) in [7, 11) is 0. The molecule has 0 saturated heterocycles. The summed E-state index contributed by atoms with van der Waals surface area (Å²) in [6.45, 7) is 4.41. The van der Waals surface area contributed by atoms with Gasteiger partial charge in [0.05, 0.1) is 0 Å². The topological polar surface area (TPSA) is 79.4 Å². The molecule has 0 aromatic heterocycles. The molecule has 30 heavy (non-hydrogen) atoms. The molecule has 0 aliphatic heterocycles. The van der Waals surface area contributed by atoms with Crippen LogP contribution in [-0.4, -0.2) is 16.1 Å². The smallest absolute Gasteiger partial charge is 0.115 e. The Morgan fingerprint density at radius 3 is 1.47 bits per heavy atom. The van der Waals surface area contributed by atoms with Gasteiger partial charge in [-0.25, -0.2) is 0 Å². The van der Waals surface area contributed by atoms with Gasteiger partial charge in [0.25, 0.3) is 0 Å². The summed E-state index contributed by atoms with van der Waals surface area (Å²) in [5.41, 5.74) is 6.53. The molecule has 1 unspecified atom stereocenters. The van der Waals surface area contributed by atoms with Crippen LogP contribution in [0, 0.1) is 0 Å². The quantitative estimate of drug-likeness (QED) is 0.554. The Labute approximate surface area is 186 Å². The van der Waals surface area contributed by atoms with Crippen molar-refractivity contribution >= 4 is 0 Å². The van der Waals surface area contributed by atoms with Gasteiger partial charge >= 0.3 is 0 Å². The summed E-state index contributed by atoms with van der Waals surface area (Å²) < 4.78 is 0. The maximum absolute atomic E-state index is 12.1. The van der Waals surface area contributed by atoms with Crippen molar-refractivity contribution in [2.24, 2.45) is 0 Å². The zero-order chi connectivity index (χ0) is 20.0. The summed E-state index contributed by atoms with van der Waals surface area (Å²) in [4.78, 5) is 0. The van der Waals surface area contributed by atoms with E-state index in [-0.39, 0.29) is 29.3 Å². The van der Waals surface area contributed by atoms with Crippen LogP contribution in [0.25, 0.3) is 0 Å². The molecular weight excluding hydrogens is 394 g/mol. The van der Waals surface area contributed by atoms with Crippen molar-refractivity contribution in [3.05, 3.63) is 108 Å². The third-order valence-electron chi connectivity index (χ3n) is 6.35. The van der Waals surface area contributed by atoms with Gasteiger partial charge in [0.1, 0.15) is 11.1 Å². The minimum Gasteiger partial charge on any atom is -1.00 e. The second-order valence-corrected chi connectivity index (χ2v) is 7.83. The van der Waals surface area contributed by atoms with Gasteiger partial charge in [0.2, 0.25) is 0 Å². The van der Waals surface area contributed by atoms with Gasteiger partial charge in [0.15, 0.2) is 0 Å². The Morgan fingerprint density at radius 1 is 0.733 bits per heavy atom. The van der Waals surface area contributed by atoms with E-state index in [0.29, 0.717) is 6.42 Å². The van der Waals surface area contributed by atoms with Crippen LogP contribution in [0.15, 0.2) is 91.0 Å². The molecule has 162 valence electrons. The number of aliphatic hydroxyl groups is 1. The maximum atomic E-state index is 12.1. The monoisotopic (exact) mass is 427 g/mol. The van der Waals surface area contributed by atoms with Gasteiger partial charge in [-0.2, -0.15) is 0 Å². The zero-order valence-corrected chi connectivity index (χ0v) is 18.6. The molecule has 6 N–H and O–H groups in total. The summed E-state index contributed by atoms with van der Waals surface area (Å²) in [6.07, 6.45) is 2.52. The van der Waals surface area contributed by atoms with E-state index in [0.717, 1.165) is 24.0 Å². The van der Waals surface area contributed by atoms with E-state index >= 15 is 0 Å². The summed E-state index contributed by atoms with van der Waals surface area (Å²) >= 11 is 0. The highest BCUT2D eigenvalue weighted by molar-refractivity contribution is 5.38. The van der Waals surface area contributed by atoms with E-state index in [9.17, 15) is 5.11 Å². The van der Waals surface area contributed by atoms with E-state index in [1.165, 1.54) is 5.56 Å². The van der Waals surface area contributed by atoms with Gasteiger partial charge in [-0.3, -0.25) is 0 Å². The SMILES string of the molecule is CCC([NH3+])(CC)C(CC(O)(c1ccccc1)c1ccccc1)c1ccccc1.O.[Cl-]. The molecule has 4 heteroatoms. The van der Waals surface area contributed by atoms with Gasteiger partial charge in [-0.15, -0.1) is 0 Å². The van der Waals surface area contributed by atoms with E-state index < -0.39 is 5.60 Å². The minimum absolute atomic E-state index is 0. The lowest BCUT2D eigenvalue weighted by Gasteiger charge is -2.39. The van der Waals surface area contributed by atoms with Crippen LogP contribution in [0.2, 0.25) is 0 Å². The van der Waals surface area contributed by atoms with Crippen LogP contribution >= 0.6 is 0 Å². The molecule has 0 radical (unpaired) electrons. The molecule has 3 rings (SSSR count). The molecule has 0 aliphatic rings. The first kappa shape index (κ1) is 25.9. The minimum atomic E-state index is -1.07. The highest BCUT2D eigenvalue weighted by Crippen LogP contribution is 2.43. The number of benzene rings is 3. The molecule has 3 aromatic carbocycles. The Bertz CT molecular complexity index is 812. The van der Waals surface area contributed by atoms with Crippen LogP contribution in [0.5, 0.6) is 0 Å². The number of hydrogen-bond acceptors (Lipinski definition) is 1. The average Bonchev–Trinajstić information content (AvgIpc) is 2.78. The van der Waals surface area contributed by atoms with Crippen LogP contribution in [0.3, 0.4) is 0 Å². The van der Waals surface area contributed by atoms with Crippen LogP contribution < -0.4 is 18.1 Å². The third kappa shape index (κ3) is 5.30. The fourth-order valence-corrected chi connectivity index (χ4v) is 4.24. The zero-order valence-electron chi connectivity index (χ0n) is 17.9. The third-order valence-corrected chi connectivity index (χ3v) is 6.35. The van der Waals surface area contributed by atoms with Crippen molar-refractivity contribution in [3.8, 4) is 0 Å². The lowest BCUT2D eigenvalue weighted by atomic mass is 9.68. The molecule has 0 saturated carbocycles. The predicted octanol–water partition coefficient (Wildman–Crippen LogP) is 1.08. The highest BCUT2D eigenvalue weighted by Gasteiger charge is 2.43. The molecule has 3 aromatic rings. The van der Waals surface area contributed by atoms with Gasteiger partial charge in [0, 0.05) is 5.92 Å². The van der Waals surface area contributed by atoms with Crippen molar-refractivity contribution in [1.29, 1.82) is 0 Å². The molecule has 0 aliphatic carbocycles. The van der Waals surface area contributed by atoms with Gasteiger partial charge in [-0.1, -0.05) is 105 Å². The molecular formula is C26H34ClNO2. The van der Waals surface area contributed by atoms with E-state index in [1.807, 2.05) is 66.7 Å². The fraction of sp³-hybridized carbons (Fsp3) is 0.308. The van der Waals surface area contributed by atoms with Gasteiger partial charge in [-0.05, 0) is 36.0 Å². The molecule has 1 atom stereocenters. The molecule has 0 fully saturated rings. The van der Waals surface area contributed by atoms with Crippen molar-refractivity contribution < 1.29 is 28.7 Å². The summed E-state index contributed by atoms with van der Waals surface area (Å²) in [5.74, 6) is 0.133. The Balaban J connectivity index is 0.00000225. The maximum Gasteiger partial charge on any atom is 0.115 e. The fourth-order valence-electron chi connectivity index (χ4n) is 4.24. The standard InChI is InChI=1S/C26H31NO.ClH.H2O/c1-3-25(27,4-2)24(21-14-8-5-9-15-21)20-26(28,22-16-10-6-11-17-22)23-18-12-7-13-19-23;;/h5-19,24,28H,3-4,20,27H2,1-2H3;1H;1H2. The van der Waals surface area contributed by atoms with Crippen molar-refractivity contribution in [1.82, 2.24) is 0 Å². The number of rotatable bonds is 8. The normalized spacial score (nSPS) is 12.4. The van der Waals surface area contributed by atoms with E-state index in [2.05, 4.69) is 43.8 Å². The summed E-state index contributed by atoms with van der Waals surface area (Å²) in [6, 6.07) is 30.6. The lowest BCUT2D eigenvalue weighted by molar-refractivity contribution is -0.488. The van der Waals surface area contributed by atoms with E-state index in [1.54, 1.807) is 0 Å². The van der Waals surface area contributed by atoms with Crippen LogP contribution in [0.1, 0.15) is 55.7 Å². The molecule has 0 bridgehead atoms. The number of hydrogen-bond donors (Lipinski definition) is 2.